The van der Waals surface area contributed by atoms with Gasteiger partial charge >= 0.3 is 5.97 Å². The van der Waals surface area contributed by atoms with Gasteiger partial charge in [0.2, 0.25) is 5.76 Å². The molecule has 0 amide bonds. The van der Waals surface area contributed by atoms with Crippen molar-refractivity contribution >= 4 is 5.97 Å². The molecule has 0 fully saturated rings. The Morgan fingerprint density at radius 2 is 2.22 bits per heavy atom. The Bertz CT molecular complexity index is 409. The lowest BCUT2D eigenvalue weighted by molar-refractivity contribution is 0.0491. The zero-order valence-corrected chi connectivity index (χ0v) is 11.1. The molecule has 0 saturated carbocycles. The third-order valence-electron chi connectivity index (χ3n) is 2.76. The maximum Gasteiger partial charge on any atom is 0.372 e. The topological polar surface area (TPSA) is 82.7 Å². The second-order valence-electron chi connectivity index (χ2n) is 4.88. The monoisotopic (exact) mass is 255 g/mol. The molecule has 0 aliphatic carbocycles. The van der Waals surface area contributed by atoms with Crippen LogP contribution in [-0.4, -0.2) is 28.3 Å². The van der Waals surface area contributed by atoms with Crippen LogP contribution in [0.2, 0.25) is 0 Å². The van der Waals surface area contributed by atoms with Crippen LogP contribution in [0, 0.1) is 6.92 Å². The predicted octanol–water partition coefficient (Wildman–Crippen LogP) is 1.93. The summed E-state index contributed by atoms with van der Waals surface area (Å²) in [5.41, 5.74) is -0.133. The lowest BCUT2D eigenvalue weighted by Gasteiger charge is -2.22. The molecule has 0 bridgehead atoms. The van der Waals surface area contributed by atoms with E-state index in [1.165, 1.54) is 0 Å². The summed E-state index contributed by atoms with van der Waals surface area (Å²) in [7, 11) is 0. The minimum Gasteiger partial charge on any atom is -0.475 e. The molecule has 0 saturated heterocycles. The van der Waals surface area contributed by atoms with E-state index in [2.05, 4.69) is 5.32 Å². The first-order valence-electron chi connectivity index (χ1n) is 6.11. The molecule has 5 heteroatoms. The van der Waals surface area contributed by atoms with Gasteiger partial charge in [-0.25, -0.2) is 4.79 Å². The summed E-state index contributed by atoms with van der Waals surface area (Å²) in [5, 5.41) is 21.9. The van der Waals surface area contributed by atoms with Gasteiger partial charge in [0.25, 0.3) is 0 Å². The Hall–Kier alpha value is -1.33. The third-order valence-corrected chi connectivity index (χ3v) is 2.76. The van der Waals surface area contributed by atoms with E-state index in [4.69, 9.17) is 9.52 Å². The largest absolute Gasteiger partial charge is 0.475 e. The number of rotatable bonds is 7. The first kappa shape index (κ1) is 14.7. The molecule has 0 aliphatic heterocycles. The standard InChI is InChI=1S/C13H21NO4/c1-4-5-13(3,17)8-14-7-10-6-9(2)11(18-10)12(15)16/h6,14,17H,4-5,7-8H2,1-3H3,(H,15,16). The Morgan fingerprint density at radius 3 is 2.72 bits per heavy atom. The molecule has 1 atom stereocenters. The molecular weight excluding hydrogens is 234 g/mol. The summed E-state index contributed by atoms with van der Waals surface area (Å²) in [6.45, 7) is 6.35. The van der Waals surface area contributed by atoms with Gasteiger partial charge < -0.3 is 19.9 Å². The molecule has 0 aliphatic rings. The van der Waals surface area contributed by atoms with E-state index in [9.17, 15) is 9.90 Å². The number of carboxylic acids is 1. The molecule has 1 rings (SSSR count). The summed E-state index contributed by atoms with van der Waals surface area (Å²) < 4.78 is 5.21. The van der Waals surface area contributed by atoms with E-state index < -0.39 is 11.6 Å². The van der Waals surface area contributed by atoms with Crippen LogP contribution in [0.25, 0.3) is 0 Å². The second-order valence-corrected chi connectivity index (χ2v) is 4.88. The fourth-order valence-electron chi connectivity index (χ4n) is 1.93. The van der Waals surface area contributed by atoms with Crippen molar-refractivity contribution in [2.75, 3.05) is 6.54 Å². The highest BCUT2D eigenvalue weighted by Crippen LogP contribution is 2.15. The van der Waals surface area contributed by atoms with Gasteiger partial charge in [-0.1, -0.05) is 13.3 Å². The zero-order chi connectivity index (χ0) is 13.8. The molecule has 3 N–H and O–H groups in total. The van der Waals surface area contributed by atoms with Crippen LogP contribution in [0.4, 0.5) is 0 Å². The Kier molecular flexibility index (Phi) is 4.93. The molecule has 0 radical (unpaired) electrons. The van der Waals surface area contributed by atoms with Crippen LogP contribution in [0.1, 0.15) is 48.6 Å². The highest BCUT2D eigenvalue weighted by atomic mass is 16.4. The van der Waals surface area contributed by atoms with E-state index >= 15 is 0 Å². The molecule has 1 aromatic rings. The van der Waals surface area contributed by atoms with Gasteiger partial charge in [-0.3, -0.25) is 0 Å². The number of aryl methyl sites for hydroxylation is 1. The fourth-order valence-corrected chi connectivity index (χ4v) is 1.93. The van der Waals surface area contributed by atoms with Crippen LogP contribution in [0.3, 0.4) is 0 Å². The van der Waals surface area contributed by atoms with E-state index in [0.717, 1.165) is 12.8 Å². The average Bonchev–Trinajstić information content (AvgIpc) is 2.59. The molecule has 0 spiro atoms. The van der Waals surface area contributed by atoms with Crippen molar-refractivity contribution in [1.82, 2.24) is 5.32 Å². The molecule has 1 unspecified atom stereocenters. The quantitative estimate of drug-likeness (QED) is 0.693. The molecule has 18 heavy (non-hydrogen) atoms. The van der Waals surface area contributed by atoms with Crippen LogP contribution >= 0.6 is 0 Å². The highest BCUT2D eigenvalue weighted by Gasteiger charge is 2.19. The van der Waals surface area contributed by atoms with E-state index in [0.29, 0.717) is 24.4 Å². The van der Waals surface area contributed by atoms with Gasteiger partial charge in [0.05, 0.1) is 12.1 Å². The number of hydrogen-bond acceptors (Lipinski definition) is 4. The van der Waals surface area contributed by atoms with Gasteiger partial charge in [0.1, 0.15) is 5.76 Å². The first-order valence-corrected chi connectivity index (χ1v) is 6.11. The first-order chi connectivity index (χ1) is 8.35. The minimum atomic E-state index is -1.06. The van der Waals surface area contributed by atoms with Gasteiger partial charge in [-0.15, -0.1) is 0 Å². The smallest absolute Gasteiger partial charge is 0.372 e. The van der Waals surface area contributed by atoms with Crippen molar-refractivity contribution in [2.24, 2.45) is 0 Å². The van der Waals surface area contributed by atoms with Crippen molar-refractivity contribution in [3.05, 3.63) is 23.2 Å². The maximum absolute atomic E-state index is 10.8. The summed E-state index contributed by atoms with van der Waals surface area (Å²) >= 11 is 0. The van der Waals surface area contributed by atoms with Gasteiger partial charge in [0.15, 0.2) is 0 Å². The van der Waals surface area contributed by atoms with Crippen molar-refractivity contribution in [2.45, 2.75) is 45.8 Å². The number of furan rings is 1. The van der Waals surface area contributed by atoms with Crippen LogP contribution in [0.5, 0.6) is 0 Å². The molecule has 1 aromatic heterocycles. The van der Waals surface area contributed by atoms with Gasteiger partial charge in [0, 0.05) is 12.1 Å². The van der Waals surface area contributed by atoms with Crippen molar-refractivity contribution < 1.29 is 19.4 Å². The van der Waals surface area contributed by atoms with Gasteiger partial charge in [-0.05, 0) is 26.3 Å². The van der Waals surface area contributed by atoms with Crippen molar-refractivity contribution in [1.29, 1.82) is 0 Å². The number of carboxylic acid groups (broad SMARTS) is 1. The number of hydrogen-bond donors (Lipinski definition) is 3. The molecular formula is C13H21NO4. The number of nitrogens with one attached hydrogen (secondary N) is 1. The van der Waals surface area contributed by atoms with E-state index in [-0.39, 0.29) is 5.76 Å². The number of aromatic carboxylic acids is 1. The predicted molar refractivity (Wildman–Crippen MR) is 67.6 cm³/mol. The number of aliphatic hydroxyl groups is 1. The Balaban J connectivity index is 2.49. The molecule has 1 heterocycles. The highest BCUT2D eigenvalue weighted by molar-refractivity contribution is 5.86. The summed E-state index contributed by atoms with van der Waals surface area (Å²) in [5.74, 6) is -0.513. The van der Waals surface area contributed by atoms with Crippen LogP contribution in [-0.2, 0) is 6.54 Å². The summed E-state index contributed by atoms with van der Waals surface area (Å²) in [6.07, 6.45) is 1.63. The Morgan fingerprint density at radius 1 is 1.56 bits per heavy atom. The normalized spacial score (nSPS) is 14.4. The summed E-state index contributed by atoms with van der Waals surface area (Å²) in [4.78, 5) is 10.8. The molecule has 5 nitrogen and oxygen atoms in total. The zero-order valence-electron chi connectivity index (χ0n) is 11.1. The molecule has 0 aromatic carbocycles. The lowest BCUT2D eigenvalue weighted by Crippen LogP contribution is -2.37. The summed E-state index contributed by atoms with van der Waals surface area (Å²) in [6, 6.07) is 1.70. The molecule has 102 valence electrons. The third kappa shape index (κ3) is 4.16. The lowest BCUT2D eigenvalue weighted by atomic mass is 10.0. The minimum absolute atomic E-state index is 0.0212. The van der Waals surface area contributed by atoms with E-state index in [1.807, 2.05) is 6.92 Å². The van der Waals surface area contributed by atoms with Crippen molar-refractivity contribution in [3.8, 4) is 0 Å². The SMILES string of the molecule is CCCC(C)(O)CNCc1cc(C)c(C(=O)O)o1. The fraction of sp³-hybridized carbons (Fsp3) is 0.615. The van der Waals surface area contributed by atoms with Gasteiger partial charge in [-0.2, -0.15) is 0 Å². The van der Waals surface area contributed by atoms with Crippen molar-refractivity contribution in [3.63, 3.8) is 0 Å². The maximum atomic E-state index is 10.8. The van der Waals surface area contributed by atoms with E-state index in [1.54, 1.807) is 19.9 Å². The Labute approximate surface area is 107 Å². The van der Waals surface area contributed by atoms with Crippen LogP contribution in [0.15, 0.2) is 10.5 Å². The second kappa shape index (κ2) is 6.02. The average molecular weight is 255 g/mol. The van der Waals surface area contributed by atoms with Crippen LogP contribution < -0.4 is 5.32 Å². The number of carbonyl (C=O) groups is 1.